The molecule has 0 N–H and O–H groups in total. The summed E-state index contributed by atoms with van der Waals surface area (Å²) in [4.78, 5) is 0. The average molecular weight is 315 g/mol. The molecule has 0 fully saturated rings. The van der Waals surface area contributed by atoms with E-state index < -0.39 is 11.6 Å². The third-order valence-electron chi connectivity index (χ3n) is 3.75. The first-order valence-corrected chi connectivity index (χ1v) is 7.56. The quantitative estimate of drug-likeness (QED) is 0.699. The fraction of sp³-hybridized carbons (Fsp3) is 0.316. The summed E-state index contributed by atoms with van der Waals surface area (Å²) in [5, 5.41) is 9.39. The third-order valence-corrected chi connectivity index (χ3v) is 3.75. The minimum absolute atomic E-state index is 0.0339. The number of ether oxygens (including phenoxy) is 1. The molecular weight excluding hydrogens is 296 g/mol. The van der Waals surface area contributed by atoms with Crippen molar-refractivity contribution in [2.24, 2.45) is 0 Å². The summed E-state index contributed by atoms with van der Waals surface area (Å²) >= 11 is 0. The van der Waals surface area contributed by atoms with Gasteiger partial charge in [-0.25, -0.2) is 8.78 Å². The number of benzene rings is 2. The van der Waals surface area contributed by atoms with Crippen molar-refractivity contribution in [2.45, 2.75) is 32.6 Å². The summed E-state index contributed by atoms with van der Waals surface area (Å²) < 4.78 is 31.6. The van der Waals surface area contributed by atoms with E-state index in [0.717, 1.165) is 28.8 Å². The summed E-state index contributed by atoms with van der Waals surface area (Å²) in [6.45, 7) is 4.27. The first kappa shape index (κ1) is 17.0. The lowest BCUT2D eigenvalue weighted by molar-refractivity contribution is 0.289. The predicted octanol–water partition coefficient (Wildman–Crippen LogP) is 5.05. The van der Waals surface area contributed by atoms with Crippen LogP contribution in [0, 0.1) is 36.8 Å². The molecule has 2 rings (SSSR count). The number of halogens is 2. The van der Waals surface area contributed by atoms with Crippen molar-refractivity contribution in [1.29, 1.82) is 5.26 Å². The Labute approximate surface area is 135 Å². The van der Waals surface area contributed by atoms with Crippen LogP contribution in [0.4, 0.5) is 8.78 Å². The topological polar surface area (TPSA) is 33.0 Å². The number of hydrogen-bond donors (Lipinski definition) is 0. The molecule has 0 aliphatic rings. The third kappa shape index (κ3) is 4.53. The zero-order valence-electron chi connectivity index (χ0n) is 13.3. The largest absolute Gasteiger partial charge is 0.491 e. The molecule has 2 aromatic carbocycles. The van der Waals surface area contributed by atoms with Crippen LogP contribution in [0.15, 0.2) is 36.4 Å². The molecular formula is C19H19F2NO. The second kappa shape index (κ2) is 7.73. The van der Waals surface area contributed by atoms with Gasteiger partial charge in [0.15, 0.2) is 11.6 Å². The van der Waals surface area contributed by atoms with Crippen molar-refractivity contribution in [3.8, 4) is 11.8 Å². The molecule has 0 saturated carbocycles. The molecule has 0 heterocycles. The van der Waals surface area contributed by atoms with Crippen molar-refractivity contribution < 1.29 is 13.5 Å². The molecule has 0 aliphatic heterocycles. The maximum absolute atomic E-state index is 13.4. The van der Waals surface area contributed by atoms with Gasteiger partial charge in [0.1, 0.15) is 5.82 Å². The first-order valence-electron chi connectivity index (χ1n) is 7.56. The van der Waals surface area contributed by atoms with Gasteiger partial charge in [0, 0.05) is 6.07 Å². The fourth-order valence-electron chi connectivity index (χ4n) is 2.49. The normalized spacial score (nSPS) is 11.8. The predicted molar refractivity (Wildman–Crippen MR) is 85.4 cm³/mol. The Morgan fingerprint density at radius 2 is 1.91 bits per heavy atom. The van der Waals surface area contributed by atoms with Crippen LogP contribution in [0.2, 0.25) is 0 Å². The highest BCUT2D eigenvalue weighted by atomic mass is 19.1. The zero-order chi connectivity index (χ0) is 16.8. The minimum atomic E-state index is -0.712. The molecule has 0 amide bonds. The van der Waals surface area contributed by atoms with E-state index in [1.807, 2.05) is 32.0 Å². The van der Waals surface area contributed by atoms with Crippen molar-refractivity contribution in [3.63, 3.8) is 0 Å². The van der Waals surface area contributed by atoms with E-state index in [1.54, 1.807) is 0 Å². The van der Waals surface area contributed by atoms with Gasteiger partial charge in [-0.3, -0.25) is 0 Å². The summed E-state index contributed by atoms with van der Waals surface area (Å²) in [6.07, 6.45) is 1.24. The molecule has 1 unspecified atom stereocenters. The van der Waals surface area contributed by atoms with E-state index in [9.17, 15) is 14.0 Å². The lowest BCUT2D eigenvalue weighted by atomic mass is 9.91. The van der Waals surface area contributed by atoms with Gasteiger partial charge in [-0.2, -0.15) is 5.26 Å². The Morgan fingerprint density at radius 3 is 2.61 bits per heavy atom. The molecule has 0 saturated heterocycles. The molecule has 2 aromatic rings. The number of hydrogen-bond acceptors (Lipinski definition) is 2. The highest BCUT2D eigenvalue weighted by Crippen LogP contribution is 2.25. The van der Waals surface area contributed by atoms with Crippen LogP contribution in [0.3, 0.4) is 0 Å². The second-order valence-corrected chi connectivity index (χ2v) is 5.61. The molecule has 120 valence electrons. The lowest BCUT2D eigenvalue weighted by Crippen LogP contribution is -2.04. The molecule has 2 nitrogen and oxygen atoms in total. The smallest absolute Gasteiger partial charge is 0.167 e. The summed E-state index contributed by atoms with van der Waals surface area (Å²) in [5.41, 5.74) is 3.24. The Hall–Kier alpha value is -2.41. The van der Waals surface area contributed by atoms with Gasteiger partial charge in [0.2, 0.25) is 0 Å². The Kier molecular flexibility index (Phi) is 5.70. The lowest BCUT2D eigenvalue weighted by Gasteiger charge is -2.14. The molecule has 0 spiro atoms. The van der Waals surface area contributed by atoms with Crippen molar-refractivity contribution in [1.82, 2.24) is 0 Å². The Bertz CT molecular complexity index is 722. The highest BCUT2D eigenvalue weighted by molar-refractivity contribution is 5.36. The van der Waals surface area contributed by atoms with Crippen LogP contribution >= 0.6 is 0 Å². The molecule has 1 atom stereocenters. The Balaban J connectivity index is 1.91. The molecule has 0 aromatic heterocycles. The molecule has 4 heteroatoms. The van der Waals surface area contributed by atoms with Gasteiger partial charge in [-0.15, -0.1) is 0 Å². The standard InChI is InChI=1S/C19H19F2NO/c1-13-5-6-14(2)17(10-13)15(12-22)4-3-9-23-19-8-7-16(20)11-18(19)21/h5-8,10-11,15H,3-4,9H2,1-2H3. The van der Waals surface area contributed by atoms with Gasteiger partial charge in [0.25, 0.3) is 0 Å². The monoisotopic (exact) mass is 315 g/mol. The number of aryl methyl sites for hydroxylation is 2. The first-order chi connectivity index (χ1) is 11.0. The van der Waals surface area contributed by atoms with Gasteiger partial charge >= 0.3 is 0 Å². The summed E-state index contributed by atoms with van der Waals surface area (Å²) in [6, 6.07) is 11.6. The zero-order valence-corrected chi connectivity index (χ0v) is 13.3. The van der Waals surface area contributed by atoms with Crippen LogP contribution in [-0.2, 0) is 0 Å². The molecule has 23 heavy (non-hydrogen) atoms. The number of nitriles is 1. The van der Waals surface area contributed by atoms with Gasteiger partial charge in [0.05, 0.1) is 18.6 Å². The van der Waals surface area contributed by atoms with Crippen LogP contribution in [0.5, 0.6) is 5.75 Å². The van der Waals surface area contributed by atoms with Crippen molar-refractivity contribution >= 4 is 0 Å². The van der Waals surface area contributed by atoms with E-state index >= 15 is 0 Å². The van der Waals surface area contributed by atoms with Crippen LogP contribution in [-0.4, -0.2) is 6.61 Å². The van der Waals surface area contributed by atoms with Crippen LogP contribution in [0.1, 0.15) is 35.4 Å². The maximum Gasteiger partial charge on any atom is 0.167 e. The molecule has 0 radical (unpaired) electrons. The van der Waals surface area contributed by atoms with Gasteiger partial charge < -0.3 is 4.74 Å². The van der Waals surface area contributed by atoms with E-state index in [1.165, 1.54) is 6.07 Å². The number of nitrogens with zero attached hydrogens (tertiary/aromatic N) is 1. The van der Waals surface area contributed by atoms with Gasteiger partial charge in [-0.05, 0) is 49.9 Å². The van der Waals surface area contributed by atoms with E-state index in [2.05, 4.69) is 6.07 Å². The van der Waals surface area contributed by atoms with Crippen LogP contribution < -0.4 is 4.74 Å². The molecule has 0 bridgehead atoms. The van der Waals surface area contributed by atoms with Gasteiger partial charge in [-0.1, -0.05) is 23.8 Å². The van der Waals surface area contributed by atoms with Crippen molar-refractivity contribution in [2.75, 3.05) is 6.61 Å². The number of rotatable bonds is 6. The SMILES string of the molecule is Cc1ccc(C)c(C(C#N)CCCOc2ccc(F)cc2F)c1. The molecule has 0 aliphatic carbocycles. The maximum atomic E-state index is 13.4. The van der Waals surface area contributed by atoms with Crippen LogP contribution in [0.25, 0.3) is 0 Å². The van der Waals surface area contributed by atoms with E-state index in [-0.39, 0.29) is 18.3 Å². The van der Waals surface area contributed by atoms with Crippen molar-refractivity contribution in [3.05, 3.63) is 64.7 Å². The Morgan fingerprint density at radius 1 is 1.13 bits per heavy atom. The van der Waals surface area contributed by atoms with E-state index in [4.69, 9.17) is 4.74 Å². The summed E-state index contributed by atoms with van der Waals surface area (Å²) in [7, 11) is 0. The minimum Gasteiger partial charge on any atom is -0.491 e. The second-order valence-electron chi connectivity index (χ2n) is 5.61. The van der Waals surface area contributed by atoms with E-state index in [0.29, 0.717) is 12.8 Å². The summed E-state index contributed by atoms with van der Waals surface area (Å²) in [5.74, 6) is -1.52. The average Bonchev–Trinajstić information content (AvgIpc) is 2.52. The fourth-order valence-corrected chi connectivity index (χ4v) is 2.49. The highest BCUT2D eigenvalue weighted by Gasteiger charge is 2.13.